The molecule has 0 amide bonds. The van der Waals surface area contributed by atoms with Crippen LogP contribution in [0.4, 0.5) is 5.69 Å². The number of esters is 1. The van der Waals surface area contributed by atoms with Crippen molar-refractivity contribution in [2.45, 2.75) is 4.90 Å². The molecule has 0 bridgehead atoms. The predicted octanol–water partition coefficient (Wildman–Crippen LogP) is 4.71. The second-order valence-corrected chi connectivity index (χ2v) is 6.46. The van der Waals surface area contributed by atoms with Gasteiger partial charge in [0, 0.05) is 21.5 Å². The van der Waals surface area contributed by atoms with Crippen LogP contribution in [0.1, 0.15) is 0 Å². The number of hydrogen-bond donors (Lipinski definition) is 0. The average molecular weight is 403 g/mol. The fourth-order valence-electron chi connectivity index (χ4n) is 1.52. The summed E-state index contributed by atoms with van der Waals surface area (Å²) in [6.45, 7) is 0. The van der Waals surface area contributed by atoms with E-state index in [0.717, 1.165) is 9.37 Å². The lowest BCUT2D eigenvalue weighted by molar-refractivity contribution is -0.384. The van der Waals surface area contributed by atoms with Crippen LogP contribution in [0.5, 0.6) is 5.75 Å². The molecule has 5 nitrogen and oxygen atoms in total. The van der Waals surface area contributed by atoms with E-state index in [0.29, 0.717) is 10.8 Å². The SMILES string of the molecule is O=C(CSc1ccc([N+](=O)[O-])cc1)Oc1ccc(Br)cc1Cl. The molecule has 0 aliphatic rings. The Morgan fingerprint density at radius 2 is 1.95 bits per heavy atom. The largest absolute Gasteiger partial charge is 0.424 e. The van der Waals surface area contributed by atoms with Gasteiger partial charge in [-0.2, -0.15) is 0 Å². The highest BCUT2D eigenvalue weighted by Crippen LogP contribution is 2.28. The van der Waals surface area contributed by atoms with Gasteiger partial charge >= 0.3 is 5.97 Å². The van der Waals surface area contributed by atoms with Gasteiger partial charge in [-0.1, -0.05) is 27.5 Å². The van der Waals surface area contributed by atoms with Crippen molar-refractivity contribution in [3.05, 3.63) is 62.1 Å². The van der Waals surface area contributed by atoms with Crippen LogP contribution in [0, 0.1) is 10.1 Å². The topological polar surface area (TPSA) is 69.4 Å². The van der Waals surface area contributed by atoms with Crippen molar-refractivity contribution < 1.29 is 14.5 Å². The first-order valence-electron chi connectivity index (χ1n) is 5.98. The average Bonchev–Trinajstić information content (AvgIpc) is 2.48. The Kier molecular flexibility index (Phi) is 5.82. The third-order valence-electron chi connectivity index (χ3n) is 2.52. The Hall–Kier alpha value is -1.57. The Morgan fingerprint density at radius 3 is 2.55 bits per heavy atom. The van der Waals surface area contributed by atoms with Crippen LogP contribution >= 0.6 is 39.3 Å². The minimum Gasteiger partial charge on any atom is -0.424 e. The van der Waals surface area contributed by atoms with E-state index in [2.05, 4.69) is 15.9 Å². The van der Waals surface area contributed by atoms with Gasteiger partial charge < -0.3 is 4.74 Å². The Bertz CT molecular complexity index is 708. The van der Waals surface area contributed by atoms with E-state index >= 15 is 0 Å². The third-order valence-corrected chi connectivity index (χ3v) is 4.30. The highest BCUT2D eigenvalue weighted by atomic mass is 79.9. The van der Waals surface area contributed by atoms with Crippen LogP contribution in [0.2, 0.25) is 5.02 Å². The maximum Gasteiger partial charge on any atom is 0.321 e. The molecule has 0 unspecified atom stereocenters. The van der Waals surface area contributed by atoms with Crippen molar-refractivity contribution in [2.24, 2.45) is 0 Å². The molecule has 2 rings (SSSR count). The zero-order chi connectivity index (χ0) is 16.1. The van der Waals surface area contributed by atoms with Gasteiger partial charge in [0.25, 0.3) is 5.69 Å². The normalized spacial score (nSPS) is 10.3. The van der Waals surface area contributed by atoms with Gasteiger partial charge in [0.15, 0.2) is 0 Å². The number of nitrogens with zero attached hydrogens (tertiary/aromatic N) is 1. The summed E-state index contributed by atoms with van der Waals surface area (Å²) in [5.41, 5.74) is 0.00794. The zero-order valence-electron chi connectivity index (χ0n) is 11.0. The van der Waals surface area contributed by atoms with Crippen LogP contribution in [0.25, 0.3) is 0 Å². The van der Waals surface area contributed by atoms with Gasteiger partial charge in [0.1, 0.15) is 5.75 Å². The molecule has 114 valence electrons. The van der Waals surface area contributed by atoms with Crippen molar-refractivity contribution in [3.8, 4) is 5.75 Å². The monoisotopic (exact) mass is 401 g/mol. The second kappa shape index (κ2) is 7.62. The molecule has 0 N–H and O–H groups in total. The predicted molar refractivity (Wildman–Crippen MR) is 88.6 cm³/mol. The van der Waals surface area contributed by atoms with E-state index in [9.17, 15) is 14.9 Å². The quantitative estimate of drug-likeness (QED) is 0.238. The van der Waals surface area contributed by atoms with Crippen LogP contribution in [-0.4, -0.2) is 16.6 Å². The molecular weight excluding hydrogens is 394 g/mol. The molecule has 0 aliphatic heterocycles. The molecule has 0 aliphatic carbocycles. The van der Waals surface area contributed by atoms with Gasteiger partial charge in [-0.3, -0.25) is 14.9 Å². The molecule has 2 aromatic rings. The third kappa shape index (κ3) is 4.72. The van der Waals surface area contributed by atoms with Gasteiger partial charge in [-0.15, -0.1) is 11.8 Å². The number of thioether (sulfide) groups is 1. The molecular formula is C14H9BrClNO4S. The number of rotatable bonds is 5. The van der Waals surface area contributed by atoms with E-state index < -0.39 is 10.9 Å². The van der Waals surface area contributed by atoms with Gasteiger partial charge in [0.2, 0.25) is 0 Å². The number of benzene rings is 2. The van der Waals surface area contributed by atoms with Crippen LogP contribution in [-0.2, 0) is 4.79 Å². The van der Waals surface area contributed by atoms with Crippen molar-refractivity contribution in [1.29, 1.82) is 0 Å². The molecule has 2 aromatic carbocycles. The first-order chi connectivity index (χ1) is 10.5. The maximum absolute atomic E-state index is 11.8. The summed E-state index contributed by atoms with van der Waals surface area (Å²) in [5.74, 6) is -0.0868. The standard InChI is InChI=1S/C14H9BrClNO4S/c15-9-1-6-13(12(16)7-9)21-14(18)8-22-11-4-2-10(3-5-11)17(19)20/h1-7H,8H2. The Labute approximate surface area is 143 Å². The van der Waals surface area contributed by atoms with Crippen molar-refractivity contribution in [1.82, 2.24) is 0 Å². The minimum absolute atomic E-state index is 0.00794. The number of nitro benzene ring substituents is 1. The summed E-state index contributed by atoms with van der Waals surface area (Å²) in [7, 11) is 0. The number of carbonyl (C=O) groups is 1. The summed E-state index contributed by atoms with van der Waals surface area (Å²) in [6, 6.07) is 10.9. The van der Waals surface area contributed by atoms with E-state index in [-0.39, 0.29) is 11.4 Å². The Balaban J connectivity index is 1.91. The second-order valence-electron chi connectivity index (χ2n) is 4.09. The molecule has 0 heterocycles. The van der Waals surface area contributed by atoms with E-state index in [4.69, 9.17) is 16.3 Å². The van der Waals surface area contributed by atoms with E-state index in [1.54, 1.807) is 30.3 Å². The summed E-state index contributed by atoms with van der Waals surface area (Å²) >= 11 is 10.5. The fourth-order valence-corrected chi connectivity index (χ4v) is 2.90. The maximum atomic E-state index is 11.8. The molecule has 0 aromatic heterocycles. The van der Waals surface area contributed by atoms with Crippen molar-refractivity contribution in [2.75, 3.05) is 5.75 Å². The summed E-state index contributed by atoms with van der Waals surface area (Å²) in [5, 5.41) is 10.9. The van der Waals surface area contributed by atoms with E-state index in [1.807, 2.05) is 0 Å². The lowest BCUT2D eigenvalue weighted by atomic mass is 10.3. The number of hydrogen-bond acceptors (Lipinski definition) is 5. The minimum atomic E-state index is -0.474. The van der Waals surface area contributed by atoms with Gasteiger partial charge in [-0.25, -0.2) is 0 Å². The molecule has 0 fully saturated rings. The molecule has 0 saturated heterocycles. The summed E-state index contributed by atoms with van der Waals surface area (Å²) in [4.78, 5) is 22.6. The number of halogens is 2. The fraction of sp³-hybridized carbons (Fsp3) is 0.0714. The number of nitro groups is 1. The molecule has 22 heavy (non-hydrogen) atoms. The van der Waals surface area contributed by atoms with E-state index in [1.165, 1.54) is 23.9 Å². The lowest BCUT2D eigenvalue weighted by Gasteiger charge is -2.06. The smallest absolute Gasteiger partial charge is 0.321 e. The van der Waals surface area contributed by atoms with Gasteiger partial charge in [0.05, 0.1) is 15.7 Å². The van der Waals surface area contributed by atoms with Crippen molar-refractivity contribution >= 4 is 50.9 Å². The molecule has 0 saturated carbocycles. The number of ether oxygens (including phenoxy) is 1. The van der Waals surface area contributed by atoms with Gasteiger partial charge in [-0.05, 0) is 30.3 Å². The first kappa shape index (κ1) is 16.8. The highest BCUT2D eigenvalue weighted by molar-refractivity contribution is 9.10. The lowest BCUT2D eigenvalue weighted by Crippen LogP contribution is -2.10. The summed E-state index contributed by atoms with van der Waals surface area (Å²) in [6.07, 6.45) is 0. The number of non-ortho nitro benzene ring substituents is 1. The highest BCUT2D eigenvalue weighted by Gasteiger charge is 2.10. The first-order valence-corrected chi connectivity index (χ1v) is 8.14. The van der Waals surface area contributed by atoms with Crippen LogP contribution < -0.4 is 4.74 Å². The molecule has 8 heteroatoms. The number of carbonyl (C=O) groups excluding carboxylic acids is 1. The Morgan fingerprint density at radius 1 is 1.27 bits per heavy atom. The van der Waals surface area contributed by atoms with Crippen LogP contribution in [0.15, 0.2) is 51.8 Å². The summed E-state index contributed by atoms with van der Waals surface area (Å²) < 4.78 is 5.95. The zero-order valence-corrected chi connectivity index (χ0v) is 14.2. The molecule has 0 radical (unpaired) electrons. The van der Waals surface area contributed by atoms with Crippen LogP contribution in [0.3, 0.4) is 0 Å². The van der Waals surface area contributed by atoms with Crippen molar-refractivity contribution in [3.63, 3.8) is 0 Å². The molecule has 0 atom stereocenters. The molecule has 0 spiro atoms.